The van der Waals surface area contributed by atoms with Crippen molar-refractivity contribution in [2.75, 3.05) is 6.61 Å². The number of hydrogen-bond acceptors (Lipinski definition) is 3. The molecule has 2 rings (SSSR count). The van der Waals surface area contributed by atoms with E-state index >= 15 is 0 Å². The molecule has 0 amide bonds. The van der Waals surface area contributed by atoms with Gasteiger partial charge in [0.25, 0.3) is 0 Å². The predicted octanol–water partition coefficient (Wildman–Crippen LogP) is 1.63. The SMILES string of the molecule is NNC(C1=CCCO1)c1ccc(F)cc1. The standard InChI is InChI=1S/C11H13FN2O/c12-9-5-3-8(4-6-9)11(14-13)10-2-1-7-15-10/h2-6,11,14H,1,7,13H2. The van der Waals surface area contributed by atoms with E-state index in [-0.39, 0.29) is 11.9 Å². The van der Waals surface area contributed by atoms with Gasteiger partial charge in [-0.3, -0.25) is 5.84 Å². The summed E-state index contributed by atoms with van der Waals surface area (Å²) in [6.45, 7) is 0.689. The van der Waals surface area contributed by atoms with Gasteiger partial charge in [0.2, 0.25) is 0 Å². The topological polar surface area (TPSA) is 47.3 Å². The van der Waals surface area contributed by atoms with Gasteiger partial charge >= 0.3 is 0 Å². The van der Waals surface area contributed by atoms with Gasteiger partial charge in [-0.15, -0.1) is 0 Å². The number of halogens is 1. The van der Waals surface area contributed by atoms with Gasteiger partial charge in [0.15, 0.2) is 0 Å². The highest BCUT2D eigenvalue weighted by Gasteiger charge is 2.19. The smallest absolute Gasteiger partial charge is 0.123 e. The quantitative estimate of drug-likeness (QED) is 0.586. The maximum atomic E-state index is 12.7. The van der Waals surface area contributed by atoms with E-state index in [0.29, 0.717) is 6.61 Å². The van der Waals surface area contributed by atoms with Crippen molar-refractivity contribution in [3.63, 3.8) is 0 Å². The Labute approximate surface area is 87.7 Å². The second-order valence-electron chi connectivity index (χ2n) is 3.39. The molecule has 1 aromatic rings. The molecule has 1 unspecified atom stereocenters. The third-order valence-electron chi connectivity index (χ3n) is 2.39. The summed E-state index contributed by atoms with van der Waals surface area (Å²) in [5.74, 6) is 6.01. The minimum atomic E-state index is -0.254. The van der Waals surface area contributed by atoms with Crippen LogP contribution in [0.4, 0.5) is 4.39 Å². The molecule has 0 spiro atoms. The van der Waals surface area contributed by atoms with Crippen LogP contribution in [0.2, 0.25) is 0 Å². The van der Waals surface area contributed by atoms with Crippen molar-refractivity contribution in [3.8, 4) is 0 Å². The normalized spacial score (nSPS) is 17.1. The van der Waals surface area contributed by atoms with Gasteiger partial charge in [0, 0.05) is 6.42 Å². The first-order valence-electron chi connectivity index (χ1n) is 4.85. The summed E-state index contributed by atoms with van der Waals surface area (Å²) in [5.41, 5.74) is 3.56. The Bertz CT molecular complexity index is 361. The van der Waals surface area contributed by atoms with Crippen molar-refractivity contribution >= 4 is 0 Å². The Kier molecular flexibility index (Phi) is 2.99. The molecule has 0 radical (unpaired) electrons. The Morgan fingerprint density at radius 1 is 1.33 bits per heavy atom. The highest BCUT2D eigenvalue weighted by molar-refractivity contribution is 5.26. The third kappa shape index (κ3) is 2.16. The molecule has 0 bridgehead atoms. The first-order valence-corrected chi connectivity index (χ1v) is 4.85. The van der Waals surface area contributed by atoms with Gasteiger partial charge in [-0.05, 0) is 23.8 Å². The molecule has 15 heavy (non-hydrogen) atoms. The lowest BCUT2D eigenvalue weighted by molar-refractivity contribution is 0.215. The molecule has 1 heterocycles. The maximum absolute atomic E-state index is 12.7. The van der Waals surface area contributed by atoms with E-state index in [4.69, 9.17) is 10.6 Å². The molecule has 1 aromatic carbocycles. The lowest BCUT2D eigenvalue weighted by Gasteiger charge is -2.17. The lowest BCUT2D eigenvalue weighted by atomic mass is 10.1. The lowest BCUT2D eigenvalue weighted by Crippen LogP contribution is -2.29. The zero-order valence-electron chi connectivity index (χ0n) is 8.24. The van der Waals surface area contributed by atoms with Crippen molar-refractivity contribution in [3.05, 3.63) is 47.5 Å². The van der Waals surface area contributed by atoms with E-state index in [1.54, 1.807) is 12.1 Å². The number of nitrogens with two attached hydrogens (primary N) is 1. The maximum Gasteiger partial charge on any atom is 0.123 e. The molecule has 0 aliphatic carbocycles. The summed E-state index contributed by atoms with van der Waals surface area (Å²) >= 11 is 0. The van der Waals surface area contributed by atoms with Crippen molar-refractivity contribution in [1.82, 2.24) is 5.43 Å². The van der Waals surface area contributed by atoms with Crippen molar-refractivity contribution in [1.29, 1.82) is 0 Å². The first kappa shape index (κ1) is 10.1. The van der Waals surface area contributed by atoms with Crippen molar-refractivity contribution in [2.24, 2.45) is 5.84 Å². The molecule has 0 saturated heterocycles. The fourth-order valence-electron chi connectivity index (χ4n) is 1.64. The van der Waals surface area contributed by atoms with Gasteiger partial charge < -0.3 is 4.74 Å². The Morgan fingerprint density at radius 3 is 2.60 bits per heavy atom. The highest BCUT2D eigenvalue weighted by Crippen LogP contribution is 2.25. The molecule has 1 atom stereocenters. The van der Waals surface area contributed by atoms with Crippen LogP contribution in [-0.2, 0) is 4.74 Å². The van der Waals surface area contributed by atoms with Gasteiger partial charge in [-0.25, -0.2) is 9.82 Å². The van der Waals surface area contributed by atoms with E-state index in [1.165, 1.54) is 12.1 Å². The number of benzene rings is 1. The minimum absolute atomic E-state index is 0.187. The predicted molar refractivity (Wildman–Crippen MR) is 55.1 cm³/mol. The first-order chi connectivity index (χ1) is 7.31. The molecular formula is C11H13FN2O. The Hall–Kier alpha value is -1.39. The van der Waals surface area contributed by atoms with Crippen LogP contribution < -0.4 is 11.3 Å². The van der Waals surface area contributed by atoms with Crippen LogP contribution >= 0.6 is 0 Å². The van der Waals surface area contributed by atoms with E-state index in [2.05, 4.69) is 5.43 Å². The van der Waals surface area contributed by atoms with E-state index in [9.17, 15) is 4.39 Å². The van der Waals surface area contributed by atoms with Gasteiger partial charge in [-0.1, -0.05) is 12.1 Å². The molecule has 0 saturated carbocycles. The average Bonchev–Trinajstić information content (AvgIpc) is 2.75. The van der Waals surface area contributed by atoms with Crippen LogP contribution in [0.15, 0.2) is 36.1 Å². The van der Waals surface area contributed by atoms with Crippen LogP contribution in [0, 0.1) is 5.82 Å². The van der Waals surface area contributed by atoms with Crippen LogP contribution in [0.3, 0.4) is 0 Å². The minimum Gasteiger partial charge on any atom is -0.496 e. The molecule has 3 nitrogen and oxygen atoms in total. The molecule has 3 N–H and O–H groups in total. The zero-order chi connectivity index (χ0) is 10.7. The van der Waals surface area contributed by atoms with Crippen LogP contribution in [0.5, 0.6) is 0 Å². The third-order valence-corrected chi connectivity index (χ3v) is 2.39. The largest absolute Gasteiger partial charge is 0.496 e. The second kappa shape index (κ2) is 4.42. The summed E-state index contributed by atoms with van der Waals surface area (Å²) in [7, 11) is 0. The number of hydrogen-bond donors (Lipinski definition) is 2. The fourth-order valence-corrected chi connectivity index (χ4v) is 1.64. The van der Waals surface area contributed by atoms with Gasteiger partial charge in [0.05, 0.1) is 6.61 Å². The summed E-state index contributed by atoms with van der Waals surface area (Å²) in [4.78, 5) is 0. The van der Waals surface area contributed by atoms with Crippen molar-refractivity contribution in [2.45, 2.75) is 12.5 Å². The molecule has 1 aliphatic rings. The Balaban J connectivity index is 2.22. The highest BCUT2D eigenvalue weighted by atomic mass is 19.1. The zero-order valence-corrected chi connectivity index (χ0v) is 8.24. The molecule has 1 aliphatic heterocycles. The van der Waals surface area contributed by atoms with E-state index in [1.807, 2.05) is 6.08 Å². The summed E-state index contributed by atoms with van der Waals surface area (Å²) in [6.07, 6.45) is 2.89. The molecule has 80 valence electrons. The molecule has 0 fully saturated rings. The van der Waals surface area contributed by atoms with Gasteiger partial charge in [0.1, 0.15) is 17.6 Å². The number of hydrazine groups is 1. The fraction of sp³-hybridized carbons (Fsp3) is 0.273. The number of nitrogens with one attached hydrogen (secondary N) is 1. The Morgan fingerprint density at radius 2 is 2.07 bits per heavy atom. The number of rotatable bonds is 3. The van der Waals surface area contributed by atoms with Crippen LogP contribution in [0.1, 0.15) is 18.0 Å². The van der Waals surface area contributed by atoms with Crippen molar-refractivity contribution < 1.29 is 9.13 Å². The molecule has 0 aromatic heterocycles. The summed E-state index contributed by atoms with van der Waals surface area (Å²) in [6, 6.07) is 6.03. The van der Waals surface area contributed by atoms with E-state index in [0.717, 1.165) is 17.7 Å². The summed E-state index contributed by atoms with van der Waals surface area (Å²) in [5, 5.41) is 0. The van der Waals surface area contributed by atoms with Crippen LogP contribution in [0.25, 0.3) is 0 Å². The second-order valence-corrected chi connectivity index (χ2v) is 3.39. The average molecular weight is 208 g/mol. The molecular weight excluding hydrogens is 195 g/mol. The number of ether oxygens (including phenoxy) is 1. The molecule has 4 heteroatoms. The monoisotopic (exact) mass is 208 g/mol. The van der Waals surface area contributed by atoms with E-state index < -0.39 is 0 Å². The summed E-state index contributed by atoms with van der Waals surface area (Å²) < 4.78 is 18.1. The van der Waals surface area contributed by atoms with Gasteiger partial charge in [-0.2, -0.15) is 0 Å². The van der Waals surface area contributed by atoms with Crippen LogP contribution in [-0.4, -0.2) is 6.61 Å².